The third-order valence-electron chi connectivity index (χ3n) is 5.29. The maximum atomic E-state index is 13.7. The number of aromatic nitrogens is 1. The zero-order valence-electron chi connectivity index (χ0n) is 18.8. The molecule has 1 aromatic heterocycles. The van der Waals surface area contributed by atoms with Gasteiger partial charge in [0.05, 0.1) is 13.7 Å². The van der Waals surface area contributed by atoms with Crippen LogP contribution in [0.15, 0.2) is 53.4 Å². The summed E-state index contributed by atoms with van der Waals surface area (Å²) in [6.45, 7) is 8.35. The van der Waals surface area contributed by atoms with Gasteiger partial charge in [0.25, 0.3) is 0 Å². The van der Waals surface area contributed by atoms with Crippen LogP contribution in [0.4, 0.5) is 4.39 Å². The first kappa shape index (κ1) is 23.3. The lowest BCUT2D eigenvalue weighted by atomic mass is 9.88. The molecule has 0 spiro atoms. The fourth-order valence-electron chi connectivity index (χ4n) is 3.76. The number of rotatable bonds is 8. The molecule has 0 amide bonds. The molecule has 0 aliphatic carbocycles. The second-order valence-corrected chi connectivity index (χ2v) is 9.20. The first-order valence-electron chi connectivity index (χ1n) is 10.5. The number of ether oxygens (including phenoxy) is 1. The Morgan fingerprint density at radius 3 is 2.00 bits per heavy atom. The molecule has 0 radical (unpaired) electrons. The Morgan fingerprint density at radius 2 is 1.48 bits per heavy atom. The minimum absolute atomic E-state index is 0.105. The van der Waals surface area contributed by atoms with E-state index in [0.29, 0.717) is 5.75 Å². The molecule has 0 atom stereocenters. The van der Waals surface area contributed by atoms with Gasteiger partial charge in [0.1, 0.15) is 11.6 Å². The van der Waals surface area contributed by atoms with Gasteiger partial charge in [-0.25, -0.2) is 4.39 Å². The van der Waals surface area contributed by atoms with Crippen molar-refractivity contribution in [2.75, 3.05) is 7.11 Å². The van der Waals surface area contributed by atoms with E-state index in [0.717, 1.165) is 44.3 Å². The molecule has 164 valence electrons. The van der Waals surface area contributed by atoms with Crippen LogP contribution in [0.5, 0.6) is 5.75 Å². The number of pyridine rings is 1. The molecule has 0 aliphatic heterocycles. The van der Waals surface area contributed by atoms with E-state index in [4.69, 9.17) is 9.72 Å². The van der Waals surface area contributed by atoms with Crippen LogP contribution in [0.3, 0.4) is 0 Å². The van der Waals surface area contributed by atoms with Crippen LogP contribution in [0.2, 0.25) is 0 Å². The third kappa shape index (κ3) is 5.28. The van der Waals surface area contributed by atoms with Crippen LogP contribution < -0.4 is 4.74 Å². The van der Waals surface area contributed by atoms with E-state index in [1.807, 2.05) is 24.3 Å². The molecule has 0 bridgehead atoms. The van der Waals surface area contributed by atoms with Gasteiger partial charge >= 0.3 is 0 Å². The molecule has 3 nitrogen and oxygen atoms in total. The maximum absolute atomic E-state index is 13.7. The molecule has 0 unspecified atom stereocenters. The van der Waals surface area contributed by atoms with Gasteiger partial charge in [0, 0.05) is 27.6 Å². The normalized spacial score (nSPS) is 11.4. The minimum atomic E-state index is -0.273. The van der Waals surface area contributed by atoms with E-state index in [2.05, 4.69) is 27.7 Å². The molecule has 0 saturated heterocycles. The van der Waals surface area contributed by atoms with Crippen molar-refractivity contribution in [3.8, 4) is 16.9 Å². The van der Waals surface area contributed by atoms with E-state index in [1.54, 1.807) is 31.0 Å². The lowest BCUT2D eigenvalue weighted by Crippen LogP contribution is -2.12. The monoisotopic (exact) mass is 439 g/mol. The first-order chi connectivity index (χ1) is 14.8. The molecule has 5 heteroatoms. The predicted molar refractivity (Wildman–Crippen MR) is 126 cm³/mol. The van der Waals surface area contributed by atoms with Gasteiger partial charge in [-0.1, -0.05) is 39.8 Å². The zero-order valence-corrected chi connectivity index (χ0v) is 19.6. The number of halogens is 1. The summed E-state index contributed by atoms with van der Waals surface area (Å²) in [4.78, 5) is 6.14. The summed E-state index contributed by atoms with van der Waals surface area (Å²) < 4.78 is 18.9. The molecule has 3 rings (SSSR count). The maximum Gasteiger partial charge on any atom is 0.123 e. The number of methoxy groups -OCH3 is 1. The summed E-state index contributed by atoms with van der Waals surface area (Å²) in [5.41, 5.74) is 5.74. The van der Waals surface area contributed by atoms with E-state index < -0.39 is 0 Å². The number of aliphatic hydroxyl groups excluding tert-OH is 1. The number of aliphatic hydroxyl groups is 1. The highest BCUT2D eigenvalue weighted by Gasteiger charge is 2.23. The smallest absolute Gasteiger partial charge is 0.123 e. The minimum Gasteiger partial charge on any atom is -0.497 e. The van der Waals surface area contributed by atoms with Crippen LogP contribution in [-0.4, -0.2) is 17.2 Å². The van der Waals surface area contributed by atoms with Gasteiger partial charge in [-0.2, -0.15) is 0 Å². The second-order valence-electron chi connectivity index (χ2n) is 8.15. The average Bonchev–Trinajstić information content (AvgIpc) is 2.77. The Kier molecular flexibility index (Phi) is 7.74. The number of nitrogens with zero attached hydrogens (tertiary/aromatic N) is 1. The Bertz CT molecular complexity index is 1020. The number of hydrogen-bond donors (Lipinski definition) is 1. The summed E-state index contributed by atoms with van der Waals surface area (Å²) in [6.07, 6.45) is 0. The van der Waals surface area contributed by atoms with Crippen LogP contribution in [-0.2, 0) is 12.4 Å². The molecule has 1 heterocycles. The fourth-order valence-corrected chi connectivity index (χ4v) is 4.69. The van der Waals surface area contributed by atoms with Crippen molar-refractivity contribution < 1.29 is 14.2 Å². The molecule has 31 heavy (non-hydrogen) atoms. The highest BCUT2D eigenvalue weighted by molar-refractivity contribution is 7.98. The zero-order chi connectivity index (χ0) is 22.5. The second kappa shape index (κ2) is 10.3. The predicted octanol–water partition coefficient (Wildman–Crippen LogP) is 6.93. The standard InChI is InChI=1S/C26H30FNO2S/c1-16(2)25-22(14-29)24(18-6-8-19(27)9-7-18)23(26(28-25)17(3)4)15-31-21-12-10-20(30-5)11-13-21/h6-13,16-17,29H,14-15H2,1-5H3. The Hall–Kier alpha value is -2.37. The number of thioether (sulfide) groups is 1. The average molecular weight is 440 g/mol. The molecular weight excluding hydrogens is 409 g/mol. The van der Waals surface area contributed by atoms with Crippen molar-refractivity contribution in [1.82, 2.24) is 4.98 Å². The molecule has 0 fully saturated rings. The van der Waals surface area contributed by atoms with Crippen molar-refractivity contribution >= 4 is 11.8 Å². The Morgan fingerprint density at radius 1 is 0.903 bits per heavy atom. The van der Waals surface area contributed by atoms with Gasteiger partial charge in [0.15, 0.2) is 0 Å². The highest BCUT2D eigenvalue weighted by Crippen LogP contribution is 2.39. The topological polar surface area (TPSA) is 42.4 Å². The van der Waals surface area contributed by atoms with Crippen LogP contribution >= 0.6 is 11.8 Å². The van der Waals surface area contributed by atoms with Crippen LogP contribution in [0, 0.1) is 5.82 Å². The van der Waals surface area contributed by atoms with E-state index in [-0.39, 0.29) is 24.3 Å². The van der Waals surface area contributed by atoms with Crippen molar-refractivity contribution in [2.45, 2.75) is 56.8 Å². The molecule has 2 aromatic carbocycles. The highest BCUT2D eigenvalue weighted by atomic mass is 32.2. The number of hydrogen-bond acceptors (Lipinski definition) is 4. The van der Waals surface area contributed by atoms with Crippen molar-refractivity contribution in [3.63, 3.8) is 0 Å². The summed E-state index contributed by atoms with van der Waals surface area (Å²) in [5.74, 6) is 1.64. The molecule has 3 aromatic rings. The lowest BCUT2D eigenvalue weighted by Gasteiger charge is -2.24. The van der Waals surface area contributed by atoms with E-state index >= 15 is 0 Å². The molecule has 1 N–H and O–H groups in total. The molecule has 0 aliphatic rings. The summed E-state index contributed by atoms with van der Waals surface area (Å²) in [5, 5.41) is 10.3. The third-order valence-corrected chi connectivity index (χ3v) is 6.33. The largest absolute Gasteiger partial charge is 0.497 e. The lowest BCUT2D eigenvalue weighted by molar-refractivity contribution is 0.279. The van der Waals surface area contributed by atoms with Gasteiger partial charge in [0.2, 0.25) is 0 Å². The van der Waals surface area contributed by atoms with E-state index in [1.165, 1.54) is 12.1 Å². The molecule has 0 saturated carbocycles. The van der Waals surface area contributed by atoms with Crippen molar-refractivity contribution in [2.24, 2.45) is 0 Å². The van der Waals surface area contributed by atoms with Gasteiger partial charge in [-0.05, 0) is 64.9 Å². The van der Waals surface area contributed by atoms with Crippen molar-refractivity contribution in [3.05, 3.63) is 76.9 Å². The Balaban J connectivity index is 2.16. The van der Waals surface area contributed by atoms with Crippen LogP contribution in [0.1, 0.15) is 62.0 Å². The summed E-state index contributed by atoms with van der Waals surface area (Å²) in [7, 11) is 1.66. The van der Waals surface area contributed by atoms with Gasteiger partial charge < -0.3 is 9.84 Å². The summed E-state index contributed by atoms with van der Waals surface area (Å²) in [6, 6.07) is 14.5. The first-order valence-corrected chi connectivity index (χ1v) is 11.5. The van der Waals surface area contributed by atoms with Gasteiger partial charge in [-0.15, -0.1) is 11.8 Å². The Labute approximate surface area is 188 Å². The quantitative estimate of drug-likeness (QED) is 0.387. The molecular formula is C26H30FNO2S. The SMILES string of the molecule is COc1ccc(SCc2c(C(C)C)nc(C(C)C)c(CO)c2-c2ccc(F)cc2)cc1. The summed E-state index contributed by atoms with van der Waals surface area (Å²) >= 11 is 1.72. The number of benzene rings is 2. The fraction of sp³-hybridized carbons (Fsp3) is 0.346. The van der Waals surface area contributed by atoms with Crippen LogP contribution in [0.25, 0.3) is 11.1 Å². The van der Waals surface area contributed by atoms with Crippen molar-refractivity contribution in [1.29, 1.82) is 0 Å². The van der Waals surface area contributed by atoms with E-state index in [9.17, 15) is 9.50 Å². The van der Waals surface area contributed by atoms with Gasteiger partial charge in [-0.3, -0.25) is 4.98 Å².